The smallest absolute Gasteiger partial charge is 0.414 e. The molecule has 34 heavy (non-hydrogen) atoms. The highest BCUT2D eigenvalue weighted by atomic mass is 19.1. The Morgan fingerprint density at radius 3 is 2.65 bits per heavy atom. The van der Waals surface area contributed by atoms with Crippen molar-refractivity contribution in [1.82, 2.24) is 10.1 Å². The molecule has 0 radical (unpaired) electrons. The lowest BCUT2D eigenvalue weighted by atomic mass is 9.97. The molecule has 0 bridgehead atoms. The molecular weight excluding hydrogens is 456 g/mol. The Kier molecular flexibility index (Phi) is 6.75. The molecule has 0 saturated carbocycles. The van der Waals surface area contributed by atoms with Gasteiger partial charge >= 0.3 is 12.1 Å². The average molecular weight is 477 g/mol. The van der Waals surface area contributed by atoms with Gasteiger partial charge in [-0.3, -0.25) is 14.5 Å². The molecule has 0 N–H and O–H groups in total. The summed E-state index contributed by atoms with van der Waals surface area (Å²) in [5.74, 6) is -2.41. The first-order valence-electron chi connectivity index (χ1n) is 10.4. The minimum atomic E-state index is -0.837. The molecule has 2 amide bonds. The predicted octanol–water partition coefficient (Wildman–Crippen LogP) is 2.54. The molecule has 1 atom stereocenters. The molecule has 180 valence electrons. The highest BCUT2D eigenvalue weighted by Crippen LogP contribution is 2.32. The third-order valence-electron chi connectivity index (χ3n) is 5.33. The lowest BCUT2D eigenvalue weighted by Crippen LogP contribution is -2.37. The molecule has 2 aliphatic heterocycles. The van der Waals surface area contributed by atoms with Gasteiger partial charge < -0.3 is 23.6 Å². The van der Waals surface area contributed by atoms with Crippen LogP contribution in [0.15, 0.2) is 35.1 Å². The zero-order chi connectivity index (χ0) is 24.2. The number of rotatable bonds is 7. The number of carbonyl (C=O) groups is 3. The van der Waals surface area contributed by atoms with Gasteiger partial charge in [-0.25, -0.2) is 13.6 Å². The number of hydrogen-bond donors (Lipinski definition) is 0. The third kappa shape index (κ3) is 5.16. The van der Waals surface area contributed by atoms with Gasteiger partial charge in [-0.2, -0.15) is 0 Å². The highest BCUT2D eigenvalue weighted by Gasteiger charge is 2.34. The predicted molar refractivity (Wildman–Crippen MR) is 112 cm³/mol. The van der Waals surface area contributed by atoms with Crippen molar-refractivity contribution in [3.63, 3.8) is 0 Å². The van der Waals surface area contributed by atoms with Gasteiger partial charge in [-0.15, -0.1) is 0 Å². The summed E-state index contributed by atoms with van der Waals surface area (Å²) in [4.78, 5) is 37.7. The standard InChI is InChI=1S/C22H21F2N3O7/c1-13(28)31-12-20(29)26-5-2-14(3-6-26)21-17(23)8-15(9-18(21)24)27-10-16(34-22(27)30)11-32-19-4-7-33-25-19/h2,4,7-9,16H,3,5-6,10-12H2,1H3/t16-/m1/s1. The summed E-state index contributed by atoms with van der Waals surface area (Å²) in [5.41, 5.74) is 0.206. The van der Waals surface area contributed by atoms with Crippen molar-refractivity contribution in [2.24, 2.45) is 0 Å². The largest absolute Gasteiger partial charge is 0.471 e. The van der Waals surface area contributed by atoms with Crippen LogP contribution in [0.2, 0.25) is 0 Å². The number of cyclic esters (lactones) is 1. The molecule has 0 unspecified atom stereocenters. The van der Waals surface area contributed by atoms with Gasteiger partial charge in [0.1, 0.15) is 24.5 Å². The van der Waals surface area contributed by atoms with Crippen molar-refractivity contribution < 1.29 is 41.9 Å². The fourth-order valence-corrected chi connectivity index (χ4v) is 3.67. The summed E-state index contributed by atoms with van der Waals surface area (Å²) in [6.07, 6.45) is 1.69. The van der Waals surface area contributed by atoms with Crippen molar-refractivity contribution in [2.75, 3.05) is 37.7 Å². The maximum atomic E-state index is 14.9. The van der Waals surface area contributed by atoms with Crippen molar-refractivity contribution in [2.45, 2.75) is 19.4 Å². The van der Waals surface area contributed by atoms with Crippen LogP contribution in [0.1, 0.15) is 18.9 Å². The molecule has 2 aliphatic rings. The Morgan fingerprint density at radius 1 is 1.26 bits per heavy atom. The molecule has 12 heteroatoms. The molecule has 1 saturated heterocycles. The summed E-state index contributed by atoms with van der Waals surface area (Å²) in [5, 5.41) is 3.58. The summed E-state index contributed by atoms with van der Waals surface area (Å²) >= 11 is 0. The molecule has 1 aromatic heterocycles. The quantitative estimate of drug-likeness (QED) is 0.560. The Bertz CT molecular complexity index is 1100. The molecular formula is C22H21F2N3O7. The Labute approximate surface area is 192 Å². The maximum Gasteiger partial charge on any atom is 0.414 e. The van der Waals surface area contributed by atoms with Crippen molar-refractivity contribution in [3.8, 4) is 5.88 Å². The number of benzene rings is 1. The Morgan fingerprint density at radius 2 is 2.03 bits per heavy atom. The van der Waals surface area contributed by atoms with Gasteiger partial charge in [-0.05, 0) is 29.3 Å². The van der Waals surface area contributed by atoms with E-state index in [1.54, 1.807) is 6.08 Å². The number of nitrogens with zero attached hydrogens (tertiary/aromatic N) is 3. The second-order valence-electron chi connectivity index (χ2n) is 7.65. The van der Waals surface area contributed by atoms with E-state index in [4.69, 9.17) is 14.2 Å². The monoisotopic (exact) mass is 477 g/mol. The first-order chi connectivity index (χ1) is 16.3. The van der Waals surface area contributed by atoms with E-state index in [1.165, 1.54) is 24.2 Å². The van der Waals surface area contributed by atoms with Crippen LogP contribution < -0.4 is 9.64 Å². The van der Waals surface area contributed by atoms with Crippen LogP contribution in [0.4, 0.5) is 19.3 Å². The number of ether oxygens (including phenoxy) is 3. The Balaban J connectivity index is 1.41. The average Bonchev–Trinajstić information content (AvgIpc) is 3.45. The zero-order valence-corrected chi connectivity index (χ0v) is 18.2. The van der Waals surface area contributed by atoms with E-state index in [0.29, 0.717) is 5.57 Å². The van der Waals surface area contributed by atoms with Crippen LogP contribution in [0.25, 0.3) is 5.57 Å². The first kappa shape index (κ1) is 23.2. The highest BCUT2D eigenvalue weighted by molar-refractivity contribution is 5.90. The van der Waals surface area contributed by atoms with Crippen LogP contribution in [-0.2, 0) is 19.1 Å². The molecule has 1 aromatic carbocycles. The van der Waals surface area contributed by atoms with E-state index < -0.39 is 35.7 Å². The normalized spacial score (nSPS) is 17.9. The van der Waals surface area contributed by atoms with Crippen LogP contribution in [0.3, 0.4) is 0 Å². The molecule has 2 aromatic rings. The lowest BCUT2D eigenvalue weighted by molar-refractivity contribution is -0.150. The molecule has 3 heterocycles. The van der Waals surface area contributed by atoms with Crippen molar-refractivity contribution in [3.05, 3.63) is 47.7 Å². The number of halogens is 2. The number of hydrogen-bond acceptors (Lipinski definition) is 8. The van der Waals surface area contributed by atoms with E-state index in [0.717, 1.165) is 17.0 Å². The van der Waals surface area contributed by atoms with Crippen LogP contribution >= 0.6 is 0 Å². The first-order valence-corrected chi connectivity index (χ1v) is 10.4. The van der Waals surface area contributed by atoms with Gasteiger partial charge in [-0.1, -0.05) is 6.08 Å². The van der Waals surface area contributed by atoms with E-state index in [9.17, 15) is 23.2 Å². The van der Waals surface area contributed by atoms with Crippen LogP contribution in [-0.4, -0.2) is 67.0 Å². The molecule has 1 fully saturated rings. The van der Waals surface area contributed by atoms with Gasteiger partial charge in [0.25, 0.3) is 11.8 Å². The summed E-state index contributed by atoms with van der Waals surface area (Å²) < 4.78 is 49.7. The number of carbonyl (C=O) groups excluding carboxylic acids is 3. The van der Waals surface area contributed by atoms with E-state index in [-0.39, 0.29) is 56.4 Å². The summed E-state index contributed by atoms with van der Waals surface area (Å²) in [6.45, 7) is 1.20. The lowest BCUT2D eigenvalue weighted by Gasteiger charge is -2.27. The van der Waals surface area contributed by atoms with Gasteiger partial charge in [0.15, 0.2) is 12.7 Å². The van der Waals surface area contributed by atoms with Gasteiger partial charge in [0.2, 0.25) is 0 Å². The molecule has 0 spiro atoms. The van der Waals surface area contributed by atoms with Crippen molar-refractivity contribution in [1.29, 1.82) is 0 Å². The molecule has 0 aliphatic carbocycles. The van der Waals surface area contributed by atoms with Crippen LogP contribution in [0, 0.1) is 11.6 Å². The zero-order valence-electron chi connectivity index (χ0n) is 18.2. The summed E-state index contributed by atoms with van der Waals surface area (Å²) in [6, 6.07) is 3.63. The summed E-state index contributed by atoms with van der Waals surface area (Å²) in [7, 11) is 0. The Hall–Kier alpha value is -3.96. The second kappa shape index (κ2) is 9.89. The third-order valence-corrected chi connectivity index (χ3v) is 5.33. The number of esters is 1. The topological polar surface area (TPSA) is 111 Å². The minimum absolute atomic E-state index is 0.00260. The van der Waals surface area contributed by atoms with E-state index >= 15 is 0 Å². The number of amides is 2. The van der Waals surface area contributed by atoms with Crippen molar-refractivity contribution >= 4 is 29.2 Å². The fourth-order valence-electron chi connectivity index (χ4n) is 3.67. The van der Waals surface area contributed by atoms with Gasteiger partial charge in [0.05, 0.1) is 12.2 Å². The van der Waals surface area contributed by atoms with E-state index in [2.05, 4.69) is 9.68 Å². The fraction of sp³-hybridized carbons (Fsp3) is 0.364. The van der Waals surface area contributed by atoms with Crippen LogP contribution in [0.5, 0.6) is 5.88 Å². The SMILES string of the molecule is CC(=O)OCC(=O)N1CC=C(c2c(F)cc(N3C[C@H](COc4ccon4)OC3=O)cc2F)CC1. The second-order valence-corrected chi connectivity index (χ2v) is 7.65. The molecule has 4 rings (SSSR count). The maximum absolute atomic E-state index is 14.9. The number of aromatic nitrogens is 1. The van der Waals surface area contributed by atoms with Gasteiger partial charge in [0, 0.05) is 31.6 Å². The van der Waals surface area contributed by atoms with E-state index in [1.807, 2.05) is 0 Å². The number of anilines is 1. The minimum Gasteiger partial charge on any atom is -0.471 e. The molecule has 10 nitrogen and oxygen atoms in total.